The number of hydrogen-bond acceptors (Lipinski definition) is 4. The van der Waals surface area contributed by atoms with Crippen LogP contribution in [0, 0.1) is 11.3 Å². The molecule has 5 heteroatoms. The molecule has 0 unspecified atom stereocenters. The van der Waals surface area contributed by atoms with Crippen LogP contribution in [0.1, 0.15) is 5.69 Å². The van der Waals surface area contributed by atoms with E-state index in [2.05, 4.69) is 15.4 Å². The molecule has 0 aliphatic rings. The van der Waals surface area contributed by atoms with E-state index >= 15 is 0 Å². The monoisotopic (exact) mass is 199 g/mol. The zero-order valence-corrected chi connectivity index (χ0v) is 8.18. The first-order valence-electron chi connectivity index (χ1n) is 4.41. The SMILES string of the molecule is Cn1ccc(Nc2ccc(C#N)nc2)n1. The van der Waals surface area contributed by atoms with Crippen LogP contribution in [0.4, 0.5) is 11.5 Å². The van der Waals surface area contributed by atoms with Gasteiger partial charge in [0.05, 0.1) is 11.9 Å². The van der Waals surface area contributed by atoms with E-state index in [0.717, 1.165) is 11.5 Å². The summed E-state index contributed by atoms with van der Waals surface area (Å²) < 4.78 is 1.71. The second-order valence-electron chi connectivity index (χ2n) is 3.04. The van der Waals surface area contributed by atoms with Crippen LogP contribution < -0.4 is 5.32 Å². The van der Waals surface area contributed by atoms with E-state index in [1.54, 1.807) is 23.0 Å². The van der Waals surface area contributed by atoms with Gasteiger partial charge in [0.15, 0.2) is 5.82 Å². The summed E-state index contributed by atoms with van der Waals surface area (Å²) in [4.78, 5) is 3.94. The zero-order chi connectivity index (χ0) is 10.7. The van der Waals surface area contributed by atoms with Crippen LogP contribution in [0.2, 0.25) is 0 Å². The van der Waals surface area contributed by atoms with Crippen LogP contribution in [-0.4, -0.2) is 14.8 Å². The molecule has 2 aromatic heterocycles. The maximum absolute atomic E-state index is 8.57. The number of aromatic nitrogens is 3. The summed E-state index contributed by atoms with van der Waals surface area (Å²) in [6.45, 7) is 0. The van der Waals surface area contributed by atoms with Crippen LogP contribution in [0.3, 0.4) is 0 Å². The summed E-state index contributed by atoms with van der Waals surface area (Å²) in [6, 6.07) is 7.27. The topological polar surface area (TPSA) is 66.5 Å². The first-order chi connectivity index (χ1) is 7.28. The van der Waals surface area contributed by atoms with Gasteiger partial charge in [-0.2, -0.15) is 10.4 Å². The fraction of sp³-hybridized carbons (Fsp3) is 0.100. The maximum Gasteiger partial charge on any atom is 0.152 e. The third-order valence-corrected chi connectivity index (χ3v) is 1.86. The third kappa shape index (κ3) is 2.11. The molecule has 2 heterocycles. The summed E-state index contributed by atoms with van der Waals surface area (Å²) in [6.07, 6.45) is 3.45. The Morgan fingerprint density at radius 1 is 1.40 bits per heavy atom. The number of rotatable bonds is 2. The predicted molar refractivity (Wildman–Crippen MR) is 55.4 cm³/mol. The highest BCUT2D eigenvalue weighted by Gasteiger charge is 1.98. The minimum Gasteiger partial charge on any atom is -0.337 e. The maximum atomic E-state index is 8.57. The van der Waals surface area contributed by atoms with Crippen LogP contribution in [0.15, 0.2) is 30.6 Å². The molecule has 0 aromatic carbocycles. The van der Waals surface area contributed by atoms with Crippen molar-refractivity contribution in [3.63, 3.8) is 0 Å². The molecular weight excluding hydrogens is 190 g/mol. The van der Waals surface area contributed by atoms with Crippen molar-refractivity contribution in [1.82, 2.24) is 14.8 Å². The number of anilines is 2. The van der Waals surface area contributed by atoms with E-state index in [1.807, 2.05) is 25.4 Å². The molecule has 0 saturated carbocycles. The van der Waals surface area contributed by atoms with Crippen molar-refractivity contribution in [3.05, 3.63) is 36.3 Å². The van der Waals surface area contributed by atoms with Gasteiger partial charge in [-0.15, -0.1) is 0 Å². The molecule has 0 amide bonds. The Labute approximate surface area is 87.0 Å². The Hall–Kier alpha value is -2.35. The van der Waals surface area contributed by atoms with E-state index < -0.39 is 0 Å². The number of nitrogens with one attached hydrogen (secondary N) is 1. The van der Waals surface area contributed by atoms with Crippen molar-refractivity contribution < 1.29 is 0 Å². The number of hydrogen-bond donors (Lipinski definition) is 1. The Morgan fingerprint density at radius 3 is 2.80 bits per heavy atom. The highest BCUT2D eigenvalue weighted by molar-refractivity contribution is 5.54. The number of nitrogens with zero attached hydrogens (tertiary/aromatic N) is 4. The number of pyridine rings is 1. The lowest BCUT2D eigenvalue weighted by Gasteiger charge is -2.01. The fourth-order valence-corrected chi connectivity index (χ4v) is 1.16. The molecule has 74 valence electrons. The van der Waals surface area contributed by atoms with Crippen molar-refractivity contribution in [1.29, 1.82) is 5.26 Å². The third-order valence-electron chi connectivity index (χ3n) is 1.86. The number of nitriles is 1. The van der Waals surface area contributed by atoms with Crippen LogP contribution in [0.25, 0.3) is 0 Å². The lowest BCUT2D eigenvalue weighted by atomic mass is 10.3. The van der Waals surface area contributed by atoms with Crippen molar-refractivity contribution in [2.45, 2.75) is 0 Å². The highest BCUT2D eigenvalue weighted by atomic mass is 15.3. The number of aryl methyl sites for hydroxylation is 1. The summed E-state index contributed by atoms with van der Waals surface area (Å²) >= 11 is 0. The largest absolute Gasteiger partial charge is 0.337 e. The van der Waals surface area contributed by atoms with Crippen LogP contribution in [-0.2, 0) is 7.05 Å². The molecule has 0 aliphatic heterocycles. The summed E-state index contributed by atoms with van der Waals surface area (Å²) in [7, 11) is 1.85. The van der Waals surface area contributed by atoms with Crippen molar-refractivity contribution in [3.8, 4) is 6.07 Å². The average Bonchev–Trinajstić information content (AvgIpc) is 2.65. The molecule has 0 atom stereocenters. The fourth-order valence-electron chi connectivity index (χ4n) is 1.16. The van der Waals surface area contributed by atoms with E-state index in [9.17, 15) is 0 Å². The standard InChI is InChI=1S/C10H9N5/c1-15-5-4-10(14-15)13-9-3-2-8(6-11)12-7-9/h2-5,7H,1H3,(H,13,14). The second-order valence-corrected chi connectivity index (χ2v) is 3.04. The first kappa shape index (κ1) is 9.21. The van der Waals surface area contributed by atoms with Crippen LogP contribution >= 0.6 is 0 Å². The molecule has 2 rings (SSSR count). The van der Waals surface area contributed by atoms with Crippen molar-refractivity contribution in [2.24, 2.45) is 7.05 Å². The average molecular weight is 199 g/mol. The Bertz CT molecular complexity index is 491. The van der Waals surface area contributed by atoms with Gasteiger partial charge >= 0.3 is 0 Å². The van der Waals surface area contributed by atoms with Gasteiger partial charge in [0.25, 0.3) is 0 Å². The zero-order valence-electron chi connectivity index (χ0n) is 8.18. The smallest absolute Gasteiger partial charge is 0.152 e. The molecule has 2 aromatic rings. The van der Waals surface area contributed by atoms with Gasteiger partial charge in [0.2, 0.25) is 0 Å². The van der Waals surface area contributed by atoms with E-state index in [0.29, 0.717) is 5.69 Å². The van der Waals surface area contributed by atoms with E-state index in [-0.39, 0.29) is 0 Å². The molecule has 0 bridgehead atoms. The molecule has 0 aliphatic carbocycles. The lowest BCUT2D eigenvalue weighted by molar-refractivity contribution is 0.771. The Morgan fingerprint density at radius 2 is 2.27 bits per heavy atom. The highest BCUT2D eigenvalue weighted by Crippen LogP contribution is 2.12. The van der Waals surface area contributed by atoms with Gasteiger partial charge in [-0.1, -0.05) is 0 Å². The molecule has 1 N–H and O–H groups in total. The summed E-state index contributed by atoms with van der Waals surface area (Å²) in [5, 5.41) is 15.8. The Kier molecular flexibility index (Phi) is 2.33. The van der Waals surface area contributed by atoms with Crippen molar-refractivity contribution >= 4 is 11.5 Å². The van der Waals surface area contributed by atoms with E-state index in [4.69, 9.17) is 5.26 Å². The molecular formula is C10H9N5. The Balaban J connectivity index is 2.15. The summed E-state index contributed by atoms with van der Waals surface area (Å²) in [5.41, 5.74) is 1.22. The van der Waals surface area contributed by atoms with Gasteiger partial charge in [-0.3, -0.25) is 4.68 Å². The van der Waals surface area contributed by atoms with Gasteiger partial charge in [0, 0.05) is 19.3 Å². The van der Waals surface area contributed by atoms with Crippen molar-refractivity contribution in [2.75, 3.05) is 5.32 Å². The molecule has 0 spiro atoms. The summed E-state index contributed by atoms with van der Waals surface area (Å²) in [5.74, 6) is 0.754. The van der Waals surface area contributed by atoms with Gasteiger partial charge in [-0.05, 0) is 12.1 Å². The van der Waals surface area contributed by atoms with Gasteiger partial charge in [-0.25, -0.2) is 4.98 Å². The van der Waals surface area contributed by atoms with Gasteiger partial charge in [0.1, 0.15) is 11.8 Å². The second kappa shape index (κ2) is 3.80. The van der Waals surface area contributed by atoms with Crippen LogP contribution in [0.5, 0.6) is 0 Å². The minimum atomic E-state index is 0.404. The first-order valence-corrected chi connectivity index (χ1v) is 4.41. The molecule has 0 radical (unpaired) electrons. The lowest BCUT2D eigenvalue weighted by Crippen LogP contribution is -1.94. The molecule has 0 fully saturated rings. The van der Waals surface area contributed by atoms with Gasteiger partial charge < -0.3 is 5.32 Å². The van der Waals surface area contributed by atoms with E-state index in [1.165, 1.54) is 0 Å². The molecule has 15 heavy (non-hydrogen) atoms. The normalized spacial score (nSPS) is 9.60. The quantitative estimate of drug-likeness (QED) is 0.794. The molecule has 0 saturated heterocycles. The minimum absolute atomic E-state index is 0.404. The predicted octanol–water partition coefficient (Wildman–Crippen LogP) is 1.43. The molecule has 5 nitrogen and oxygen atoms in total.